The fourth-order valence-electron chi connectivity index (χ4n) is 14.4. The zero-order valence-corrected chi connectivity index (χ0v) is 84.9. The maximum absolute atomic E-state index is 13.0. The molecule has 5 aliphatic heterocycles. The van der Waals surface area contributed by atoms with Gasteiger partial charge in [-0.05, 0) is 171 Å². The van der Waals surface area contributed by atoms with Crippen LogP contribution >= 0.6 is 69.6 Å². The second kappa shape index (κ2) is 62.9. The van der Waals surface area contributed by atoms with Gasteiger partial charge < -0.3 is 99.0 Å². The molecule has 13 N–H and O–H groups in total. The van der Waals surface area contributed by atoms with Crippen LogP contribution in [0.25, 0.3) is 0 Å². The molecule has 2 fully saturated rings. The Bertz CT molecular complexity index is 5260. The van der Waals surface area contributed by atoms with Crippen LogP contribution in [0.5, 0.6) is 0 Å². The Morgan fingerprint density at radius 2 is 0.734 bits per heavy atom. The minimum atomic E-state index is -3.78. The number of carbonyl (C=O) groups is 8. The van der Waals surface area contributed by atoms with Gasteiger partial charge in [0.2, 0.25) is 43.7 Å². The summed E-state index contributed by atoms with van der Waals surface area (Å²) in [6.45, 7) is 15.6. The number of carbonyl (C=O) groups excluding carboxylic acids is 6. The molecular formula is C92H125Cl6N9O29S3. The van der Waals surface area contributed by atoms with Gasteiger partial charge in [0, 0.05) is 172 Å². The van der Waals surface area contributed by atoms with E-state index in [1.807, 2.05) is 71.4 Å². The van der Waals surface area contributed by atoms with Crippen LogP contribution in [-0.4, -0.2) is 334 Å². The van der Waals surface area contributed by atoms with Crippen molar-refractivity contribution in [3.05, 3.63) is 189 Å². The van der Waals surface area contributed by atoms with E-state index in [0.717, 1.165) is 69.7 Å². The molecule has 5 heterocycles. The van der Waals surface area contributed by atoms with Gasteiger partial charge in [0.05, 0.1) is 113 Å². The predicted molar refractivity (Wildman–Crippen MR) is 519 cm³/mol. The molecule has 0 saturated carbocycles. The number of carboxylic acid groups (broad SMARTS) is 2. The number of hydrogen-bond donors (Lipinski definition) is 12. The first-order valence-corrected chi connectivity index (χ1v) is 51.5. The average molecular weight is 2130 g/mol. The van der Waals surface area contributed by atoms with Gasteiger partial charge in [0.15, 0.2) is 33.9 Å². The van der Waals surface area contributed by atoms with Crippen molar-refractivity contribution >= 4 is 147 Å². The molecule has 772 valence electrons. The Kier molecular flexibility index (Phi) is 54.4. The van der Waals surface area contributed by atoms with Gasteiger partial charge in [-0.2, -0.15) is 0 Å². The Balaban J connectivity index is 0.000000289. The molecule has 5 amide bonds. The van der Waals surface area contributed by atoms with Crippen molar-refractivity contribution in [3.63, 3.8) is 0 Å². The minimum absolute atomic E-state index is 0.00185. The number of hydrogen-bond acceptors (Lipinski definition) is 31. The highest BCUT2D eigenvalue weighted by molar-refractivity contribution is 7.91. The van der Waals surface area contributed by atoms with Gasteiger partial charge in [-0.25, -0.2) is 44.3 Å². The number of Topliss-reactive ketones (excluding diaryl/α,β-unsaturated/α-hetero) is 1. The fraction of sp³-hybridized carbons (Fsp3) is 0.522. The molecule has 38 nitrogen and oxygen atoms in total. The van der Waals surface area contributed by atoms with Gasteiger partial charge in [0.1, 0.15) is 6.10 Å². The van der Waals surface area contributed by atoms with Crippen LogP contribution in [-0.2, 0) is 131 Å². The lowest BCUT2D eigenvalue weighted by Crippen LogP contribution is -2.46. The Hall–Kier alpha value is -7.49. The van der Waals surface area contributed by atoms with E-state index < -0.39 is 77.9 Å². The number of carboxylic acids is 2. The number of imide groups is 2. The molecule has 6 aromatic carbocycles. The highest BCUT2D eigenvalue weighted by Crippen LogP contribution is 2.43. The number of ketones is 1. The van der Waals surface area contributed by atoms with E-state index in [1.165, 1.54) is 0 Å². The second-order valence-electron chi connectivity index (χ2n) is 32.0. The Labute approximate surface area is 840 Å². The molecule has 11 rings (SSSR count). The molecule has 0 radical (unpaired) electrons. The number of nitrogens with one attached hydrogen (secondary N) is 5. The molecule has 0 bridgehead atoms. The van der Waals surface area contributed by atoms with Gasteiger partial charge >= 0.3 is 11.9 Å². The van der Waals surface area contributed by atoms with E-state index >= 15 is 0 Å². The van der Waals surface area contributed by atoms with E-state index in [-0.39, 0.29) is 129 Å². The molecular weight excluding hydrogens is 2000 g/mol. The molecule has 0 aliphatic carbocycles. The van der Waals surface area contributed by atoms with E-state index in [1.54, 1.807) is 72.8 Å². The molecule has 139 heavy (non-hydrogen) atoms. The third-order valence-corrected chi connectivity index (χ3v) is 27.6. The summed E-state index contributed by atoms with van der Waals surface area (Å²) >= 11 is 38.2. The molecule has 47 heteroatoms. The smallest absolute Gasteiger partial charge is 0.335 e. The van der Waals surface area contributed by atoms with Crippen LogP contribution in [0.3, 0.4) is 0 Å². The number of likely N-dealkylation sites (N-methyl/N-ethyl adjacent to an activating group) is 3. The third-order valence-electron chi connectivity index (χ3n) is 21.2. The van der Waals surface area contributed by atoms with Gasteiger partial charge in [0.25, 0.3) is 5.91 Å². The lowest BCUT2D eigenvalue weighted by atomic mass is 9.85. The largest absolute Gasteiger partial charge is 0.479 e. The van der Waals surface area contributed by atoms with E-state index in [2.05, 4.69) is 40.1 Å². The number of aliphatic hydroxyl groups excluding tert-OH is 4. The highest BCUT2D eigenvalue weighted by Gasteiger charge is 2.35. The quantitative estimate of drug-likeness (QED) is 0.0143. The maximum Gasteiger partial charge on any atom is 0.335 e. The van der Waals surface area contributed by atoms with E-state index in [4.69, 9.17) is 138 Å². The van der Waals surface area contributed by atoms with Crippen molar-refractivity contribution in [2.45, 2.75) is 135 Å². The number of halogens is 6. The van der Waals surface area contributed by atoms with E-state index in [9.17, 15) is 73.8 Å². The molecule has 7 atom stereocenters. The molecule has 5 aliphatic rings. The lowest BCUT2D eigenvalue weighted by Gasteiger charge is -2.33. The van der Waals surface area contributed by atoms with Crippen molar-refractivity contribution in [2.24, 2.45) is 5.73 Å². The number of fused-ring (bicyclic) bond motifs is 3. The van der Waals surface area contributed by atoms with Crippen LogP contribution < -0.4 is 31.1 Å². The topological polar surface area (TPSA) is 539 Å². The van der Waals surface area contributed by atoms with Gasteiger partial charge in [-0.3, -0.25) is 39.4 Å². The lowest BCUT2D eigenvalue weighted by molar-refractivity contribution is -0.165. The Morgan fingerprint density at radius 1 is 0.417 bits per heavy atom. The number of sulfonamides is 2. The first-order valence-electron chi connectivity index (χ1n) is 44.7. The minimum Gasteiger partial charge on any atom is -0.479 e. The van der Waals surface area contributed by atoms with Gasteiger partial charge in [-0.15, -0.1) is 0 Å². The first kappa shape index (κ1) is 120. The number of rotatable bonds is 50. The number of amides is 5. The van der Waals surface area contributed by atoms with Crippen LogP contribution in [0, 0.1) is 0 Å². The summed E-state index contributed by atoms with van der Waals surface area (Å²) in [5.41, 5.74) is 14.2. The predicted octanol–water partition coefficient (Wildman–Crippen LogP) is 6.49. The monoisotopic (exact) mass is 2130 g/mol. The first-order chi connectivity index (χ1) is 66.1. The fourth-order valence-corrected chi connectivity index (χ4v) is 19.6. The summed E-state index contributed by atoms with van der Waals surface area (Å²) in [4.78, 5) is 91.1. The van der Waals surface area contributed by atoms with Crippen LogP contribution in [0.1, 0.15) is 127 Å². The summed E-state index contributed by atoms with van der Waals surface area (Å²) in [6.07, 6.45) is -5.87. The molecule has 6 aromatic rings. The number of nitrogens with two attached hydrogens (primary N) is 1. The maximum atomic E-state index is 13.0. The van der Waals surface area contributed by atoms with Crippen molar-refractivity contribution in [1.29, 1.82) is 0 Å². The summed E-state index contributed by atoms with van der Waals surface area (Å²) in [6, 6.07) is 32.1. The molecule has 2 saturated heterocycles. The van der Waals surface area contributed by atoms with Crippen molar-refractivity contribution in [3.8, 4) is 0 Å². The molecule has 0 aromatic heterocycles. The van der Waals surface area contributed by atoms with Crippen molar-refractivity contribution < 1.29 is 137 Å². The third kappa shape index (κ3) is 42.4. The number of aliphatic carboxylic acids is 2. The zero-order chi connectivity index (χ0) is 102. The molecule has 7 unspecified atom stereocenters. The van der Waals surface area contributed by atoms with Crippen LogP contribution in [0.2, 0.25) is 30.1 Å². The Morgan fingerprint density at radius 3 is 1.08 bits per heavy atom. The summed E-state index contributed by atoms with van der Waals surface area (Å²) in [5.74, 6) is -5.71. The normalized spacial score (nSPS) is 16.8. The summed E-state index contributed by atoms with van der Waals surface area (Å²) in [7, 11) is -4.83. The van der Waals surface area contributed by atoms with E-state index in [0.29, 0.717) is 172 Å². The summed E-state index contributed by atoms with van der Waals surface area (Å²) in [5, 5.41) is 62.6. The second-order valence-corrected chi connectivity index (χ2v) is 40.2. The average Bonchev–Trinajstić information content (AvgIpc) is 1.01. The number of nitrogens with zero attached hydrogens (tertiary/aromatic N) is 3. The number of ether oxygens (including phenoxy) is 9. The number of aliphatic hydroxyl groups is 4. The zero-order valence-electron chi connectivity index (χ0n) is 77.9. The van der Waals surface area contributed by atoms with Crippen LogP contribution in [0.15, 0.2) is 124 Å². The van der Waals surface area contributed by atoms with Gasteiger partial charge in [-0.1, -0.05) is 106 Å². The number of benzene rings is 6. The van der Waals surface area contributed by atoms with Crippen LogP contribution in [0.4, 0.5) is 0 Å². The number of sulfone groups is 1. The van der Waals surface area contributed by atoms with Crippen molar-refractivity contribution in [2.75, 3.05) is 192 Å². The standard InChI is InChI=1S/C33H47Cl2N3O10S.C24H33Cl2N3O5S.C23H29Cl2NO4S.2C4H5NO2.C4H6O6/c1-3-45-11-5-8-30(39)31(40)32(41)33(42)36-9-12-46-14-16-48-17-15-47-13-10-37-49(43,44)25-7-4-6-23(18-25)27-21-38(2)22-28-26(27)19-24(34)20-29(28)35;1-29-16-22(21-14-19(25)15-24(26)23(21)17-29)18-3-2-4-20(13-18)35(30,31)28-6-8-33-10-12-34-11-9-32-7-5-27;1-3-29-9-10-30-8-5-11-31(27,28)19-7-4-6-17(12-19)21-15-26(2)16-22-20(21)13-18(24)14-23(22)25;2*6-3-1-2-4(7)5-3;5-1(3(7)8)2(6)4(9)10/h4,6-7,18-20,27,31-32,37,40-41H,3,5,8-17,21-22H2,1-2H3,(H,36,42);2-4,13-15,22,28H,5-12,16-17,27H2,1H3;4,6-7,12-14,21H,3,5,8-11,15-16H2,1-2H3;2*1-2H2,(H,5,6,7);1-2,5-6H,(H,7,8)(H,9,10). The summed E-state index contributed by atoms with van der Waals surface area (Å²) < 4.78 is 131. The molecule has 0 spiro atoms. The SMILES string of the molecule is CCOCCCC(=O)C(O)C(O)C(=O)NCCOCCOCCOCCNS(=O)(=O)c1cccc(C2CN(C)Cc3c(Cl)cc(Cl)cc32)c1.CCOCCOCCCS(=O)(=O)c1cccc(C2CN(C)Cc3c(Cl)cc(Cl)cc32)c1.CN1Cc2c(Cl)cc(Cl)cc2C(c2cccc(S(=O)(=O)NCCOCCOCCOCCN)c2)C1.O=C(O)C(O)C(O)C(=O)O.O=C1CCC(=O)N1.O=C1CCC(=O)N1. The highest BCUT2D eigenvalue weighted by atomic mass is 35.5. The van der Waals surface area contributed by atoms with Crippen molar-refractivity contribution in [1.82, 2.24) is 40.1 Å².